The third kappa shape index (κ3) is 2.37. The van der Waals surface area contributed by atoms with Gasteiger partial charge in [-0.3, -0.25) is 4.90 Å². The van der Waals surface area contributed by atoms with E-state index in [4.69, 9.17) is 15.2 Å². The molecule has 1 atom stereocenters. The number of carbonyl (C=O) groups is 1. The summed E-state index contributed by atoms with van der Waals surface area (Å²) in [4.78, 5) is 13.2. The van der Waals surface area contributed by atoms with E-state index in [1.54, 1.807) is 13.2 Å². The minimum atomic E-state index is -0.388. The van der Waals surface area contributed by atoms with Crippen LogP contribution in [0.5, 0.6) is 5.75 Å². The maximum absolute atomic E-state index is 11.7. The first-order chi connectivity index (χ1) is 8.15. The molecule has 6 heteroatoms. The molecule has 1 aliphatic heterocycles. The fraction of sp³-hybridized carbons (Fsp3) is 0.364. The Morgan fingerprint density at radius 1 is 1.65 bits per heavy atom. The molecular formula is C11H13BrN2O3. The van der Waals surface area contributed by atoms with Crippen LogP contribution in [0, 0.1) is 0 Å². The second-order valence-corrected chi connectivity index (χ2v) is 4.58. The van der Waals surface area contributed by atoms with Crippen LogP contribution in [0.25, 0.3) is 0 Å². The van der Waals surface area contributed by atoms with Crippen molar-refractivity contribution in [1.29, 1.82) is 0 Å². The summed E-state index contributed by atoms with van der Waals surface area (Å²) in [6, 6.07) is 5.46. The molecule has 2 N–H and O–H groups in total. The molecule has 2 rings (SSSR count). The second-order valence-electron chi connectivity index (χ2n) is 3.67. The number of hydrogen-bond acceptors (Lipinski definition) is 4. The van der Waals surface area contributed by atoms with Crippen LogP contribution in [-0.2, 0) is 4.74 Å². The number of halogens is 1. The van der Waals surface area contributed by atoms with E-state index in [-0.39, 0.29) is 12.2 Å². The van der Waals surface area contributed by atoms with Crippen molar-refractivity contribution in [1.82, 2.24) is 0 Å². The molecule has 0 saturated carbocycles. The molecule has 17 heavy (non-hydrogen) atoms. The Morgan fingerprint density at radius 3 is 3.00 bits per heavy atom. The number of carbonyl (C=O) groups excluding carboxylic acids is 1. The Hall–Kier alpha value is -1.27. The molecule has 1 saturated heterocycles. The predicted octanol–water partition coefficient (Wildman–Crippen LogP) is 1.74. The Labute approximate surface area is 108 Å². The highest BCUT2D eigenvalue weighted by atomic mass is 79.9. The molecule has 0 aliphatic carbocycles. The van der Waals surface area contributed by atoms with Crippen LogP contribution in [0.4, 0.5) is 10.5 Å². The summed E-state index contributed by atoms with van der Waals surface area (Å²) in [7, 11) is 1.56. The number of methoxy groups -OCH3 is 1. The molecule has 1 aromatic carbocycles. The molecule has 0 radical (unpaired) electrons. The lowest BCUT2D eigenvalue weighted by atomic mass is 10.2. The standard InChI is InChI=1S/C11H13BrN2O3/c1-16-10-4-7(12)2-3-9(10)14-6-8(5-13)17-11(14)15/h2-4,8H,5-6,13H2,1H3/t8-/m0/s1. The average Bonchev–Trinajstić information content (AvgIpc) is 2.70. The van der Waals surface area contributed by atoms with Crippen molar-refractivity contribution >= 4 is 27.7 Å². The summed E-state index contributed by atoms with van der Waals surface area (Å²) < 4.78 is 11.2. The van der Waals surface area contributed by atoms with Crippen LogP contribution in [0.1, 0.15) is 0 Å². The van der Waals surface area contributed by atoms with E-state index in [0.717, 1.165) is 4.47 Å². The highest BCUT2D eigenvalue weighted by molar-refractivity contribution is 9.10. The van der Waals surface area contributed by atoms with Crippen LogP contribution < -0.4 is 15.4 Å². The average molecular weight is 301 g/mol. The van der Waals surface area contributed by atoms with Gasteiger partial charge in [-0.2, -0.15) is 0 Å². The smallest absolute Gasteiger partial charge is 0.414 e. The zero-order valence-corrected chi connectivity index (χ0v) is 10.9. The molecule has 0 aromatic heterocycles. The Kier molecular flexibility index (Phi) is 3.54. The first-order valence-electron chi connectivity index (χ1n) is 5.17. The fourth-order valence-corrected chi connectivity index (χ4v) is 2.06. The van der Waals surface area contributed by atoms with E-state index in [0.29, 0.717) is 24.5 Å². The zero-order valence-electron chi connectivity index (χ0n) is 9.35. The summed E-state index contributed by atoms with van der Waals surface area (Å²) in [5.41, 5.74) is 6.18. The van der Waals surface area contributed by atoms with Crippen molar-refractivity contribution < 1.29 is 14.3 Å². The van der Waals surface area contributed by atoms with E-state index in [1.165, 1.54) is 4.90 Å². The third-order valence-electron chi connectivity index (χ3n) is 2.57. The van der Waals surface area contributed by atoms with Crippen LogP contribution in [0.15, 0.2) is 22.7 Å². The van der Waals surface area contributed by atoms with Gasteiger partial charge < -0.3 is 15.2 Å². The van der Waals surface area contributed by atoms with Gasteiger partial charge in [0.15, 0.2) is 0 Å². The molecule has 0 spiro atoms. The molecule has 0 unspecified atom stereocenters. The van der Waals surface area contributed by atoms with Gasteiger partial charge in [0.1, 0.15) is 11.9 Å². The maximum Gasteiger partial charge on any atom is 0.414 e. The number of ether oxygens (including phenoxy) is 2. The van der Waals surface area contributed by atoms with Gasteiger partial charge in [-0.25, -0.2) is 4.79 Å². The number of benzene rings is 1. The molecule has 92 valence electrons. The number of hydrogen-bond donors (Lipinski definition) is 1. The first-order valence-corrected chi connectivity index (χ1v) is 5.96. The van der Waals surface area contributed by atoms with Gasteiger partial charge in [0, 0.05) is 11.0 Å². The lowest BCUT2D eigenvalue weighted by Crippen LogP contribution is -2.27. The van der Waals surface area contributed by atoms with Crippen molar-refractivity contribution in [2.75, 3.05) is 25.1 Å². The number of nitrogens with zero attached hydrogens (tertiary/aromatic N) is 1. The fourth-order valence-electron chi connectivity index (χ4n) is 1.72. The van der Waals surface area contributed by atoms with Crippen molar-refractivity contribution in [3.05, 3.63) is 22.7 Å². The number of nitrogens with two attached hydrogens (primary N) is 1. The maximum atomic E-state index is 11.7. The van der Waals surface area contributed by atoms with Crippen LogP contribution >= 0.6 is 15.9 Å². The highest BCUT2D eigenvalue weighted by Gasteiger charge is 2.32. The van der Waals surface area contributed by atoms with Gasteiger partial charge in [0.2, 0.25) is 0 Å². The molecule has 1 aromatic rings. The molecule has 5 nitrogen and oxygen atoms in total. The zero-order chi connectivity index (χ0) is 12.4. The van der Waals surface area contributed by atoms with E-state index in [9.17, 15) is 4.79 Å². The molecule has 1 fully saturated rings. The third-order valence-corrected chi connectivity index (χ3v) is 3.06. The van der Waals surface area contributed by atoms with Crippen molar-refractivity contribution in [2.45, 2.75) is 6.10 Å². The normalized spacial score (nSPS) is 19.4. The Bertz CT molecular complexity index is 439. The SMILES string of the molecule is COc1cc(Br)ccc1N1C[C@H](CN)OC1=O. The van der Waals surface area contributed by atoms with Crippen LogP contribution in [0.2, 0.25) is 0 Å². The summed E-state index contributed by atoms with van der Waals surface area (Å²) in [5, 5.41) is 0. The summed E-state index contributed by atoms with van der Waals surface area (Å²) in [5.74, 6) is 0.619. The van der Waals surface area contributed by atoms with E-state index < -0.39 is 0 Å². The molecular weight excluding hydrogens is 288 g/mol. The molecule has 1 heterocycles. The first kappa shape index (κ1) is 12.2. The monoisotopic (exact) mass is 300 g/mol. The Morgan fingerprint density at radius 2 is 2.41 bits per heavy atom. The largest absolute Gasteiger partial charge is 0.495 e. The minimum Gasteiger partial charge on any atom is -0.495 e. The molecule has 1 amide bonds. The van der Waals surface area contributed by atoms with Gasteiger partial charge in [0.05, 0.1) is 19.3 Å². The van der Waals surface area contributed by atoms with Crippen molar-refractivity contribution in [3.8, 4) is 5.75 Å². The quantitative estimate of drug-likeness (QED) is 0.923. The highest BCUT2D eigenvalue weighted by Crippen LogP contribution is 2.33. The van der Waals surface area contributed by atoms with E-state index >= 15 is 0 Å². The van der Waals surface area contributed by atoms with Crippen LogP contribution in [-0.4, -0.2) is 32.4 Å². The minimum absolute atomic E-state index is 0.254. The van der Waals surface area contributed by atoms with Gasteiger partial charge in [-0.1, -0.05) is 15.9 Å². The lowest BCUT2D eigenvalue weighted by Gasteiger charge is -2.16. The summed E-state index contributed by atoms with van der Waals surface area (Å²) in [6.07, 6.45) is -0.642. The van der Waals surface area contributed by atoms with Crippen molar-refractivity contribution in [3.63, 3.8) is 0 Å². The second kappa shape index (κ2) is 4.93. The van der Waals surface area contributed by atoms with E-state index in [2.05, 4.69) is 15.9 Å². The van der Waals surface area contributed by atoms with Crippen molar-refractivity contribution in [2.24, 2.45) is 5.73 Å². The molecule has 1 aliphatic rings. The summed E-state index contributed by atoms with van der Waals surface area (Å²) >= 11 is 3.35. The lowest BCUT2D eigenvalue weighted by molar-refractivity contribution is 0.145. The van der Waals surface area contributed by atoms with Gasteiger partial charge >= 0.3 is 6.09 Å². The number of anilines is 1. The number of cyclic esters (lactones) is 1. The Balaban J connectivity index is 2.31. The van der Waals surface area contributed by atoms with Gasteiger partial charge in [0.25, 0.3) is 0 Å². The number of rotatable bonds is 3. The van der Waals surface area contributed by atoms with E-state index in [1.807, 2.05) is 12.1 Å². The predicted molar refractivity (Wildman–Crippen MR) is 67.4 cm³/mol. The van der Waals surface area contributed by atoms with Gasteiger partial charge in [-0.15, -0.1) is 0 Å². The topological polar surface area (TPSA) is 64.8 Å². The van der Waals surface area contributed by atoms with Crippen LogP contribution in [0.3, 0.4) is 0 Å². The summed E-state index contributed by atoms with van der Waals surface area (Å²) in [6.45, 7) is 0.772. The van der Waals surface area contributed by atoms with Gasteiger partial charge in [-0.05, 0) is 18.2 Å². The number of amides is 1. The molecule has 0 bridgehead atoms.